The first-order chi connectivity index (χ1) is 8.21. The zero-order chi connectivity index (χ0) is 13.9. The highest BCUT2D eigenvalue weighted by Gasteiger charge is 2.20. The number of rotatable bonds is 4. The fourth-order valence-electron chi connectivity index (χ4n) is 1.78. The molecular formula is C12H21BN4O. The smallest absolute Gasteiger partial charge is 0.185 e. The Morgan fingerprint density at radius 1 is 1.50 bits per heavy atom. The minimum atomic E-state index is -0.164. The van der Waals surface area contributed by atoms with Crippen LogP contribution in [0.25, 0.3) is 0 Å². The van der Waals surface area contributed by atoms with Gasteiger partial charge in [-0.3, -0.25) is 5.41 Å². The van der Waals surface area contributed by atoms with Crippen molar-refractivity contribution in [1.82, 2.24) is 5.32 Å². The van der Waals surface area contributed by atoms with Crippen molar-refractivity contribution in [3.63, 3.8) is 0 Å². The molecule has 0 saturated heterocycles. The van der Waals surface area contributed by atoms with E-state index >= 15 is 0 Å². The summed E-state index contributed by atoms with van der Waals surface area (Å²) in [6, 6.07) is 3.71. The lowest BCUT2D eigenvalue weighted by molar-refractivity contribution is 0.463. The van der Waals surface area contributed by atoms with Crippen LogP contribution >= 0.6 is 0 Å². The number of anilines is 1. The van der Waals surface area contributed by atoms with Crippen LogP contribution in [0.3, 0.4) is 0 Å². The third-order valence-electron chi connectivity index (χ3n) is 2.74. The Labute approximate surface area is 108 Å². The van der Waals surface area contributed by atoms with Crippen LogP contribution in [0.1, 0.15) is 25.0 Å². The van der Waals surface area contributed by atoms with Crippen molar-refractivity contribution in [3.8, 4) is 5.75 Å². The summed E-state index contributed by atoms with van der Waals surface area (Å²) in [5, 5.41) is 19.6. The van der Waals surface area contributed by atoms with Gasteiger partial charge >= 0.3 is 0 Å². The number of hydrogen-bond acceptors (Lipinski definition) is 3. The van der Waals surface area contributed by atoms with Gasteiger partial charge in [-0.15, -0.1) is 0 Å². The predicted octanol–water partition coefficient (Wildman–Crippen LogP) is -0.132. The lowest BCUT2D eigenvalue weighted by Gasteiger charge is -2.22. The van der Waals surface area contributed by atoms with Crippen molar-refractivity contribution in [2.24, 2.45) is 5.73 Å². The summed E-state index contributed by atoms with van der Waals surface area (Å²) in [6.45, 7) is 4.63. The van der Waals surface area contributed by atoms with Gasteiger partial charge in [-0.25, -0.2) is 0 Å². The molecule has 5 nitrogen and oxygen atoms in total. The lowest BCUT2D eigenvalue weighted by atomic mass is 9.67. The van der Waals surface area contributed by atoms with Crippen LogP contribution in [0.15, 0.2) is 12.1 Å². The standard InChI is InChI=1S/C12H21BN4O/c1-12(2,13)8-5-7(3-4-17-11(15)16)6-9(14)10(8)18/h5-6,18H,3-4,13-14H2,1-2H3,(H4,15,16,17). The summed E-state index contributed by atoms with van der Waals surface area (Å²) in [7, 11) is 2.03. The molecule has 0 radical (unpaired) electrons. The van der Waals surface area contributed by atoms with Crippen molar-refractivity contribution in [2.45, 2.75) is 25.6 Å². The molecule has 0 heterocycles. The Morgan fingerprint density at radius 3 is 2.61 bits per heavy atom. The van der Waals surface area contributed by atoms with Gasteiger partial charge in [-0.1, -0.05) is 19.9 Å². The predicted molar refractivity (Wildman–Crippen MR) is 77.7 cm³/mol. The summed E-state index contributed by atoms with van der Waals surface area (Å²) in [5.41, 5.74) is 13.3. The monoisotopic (exact) mass is 248 g/mol. The molecule has 0 bridgehead atoms. The maximum atomic E-state index is 9.98. The number of nitrogen functional groups attached to an aromatic ring is 1. The first-order valence-corrected chi connectivity index (χ1v) is 5.91. The summed E-state index contributed by atoms with van der Waals surface area (Å²) in [6.07, 6.45) is 0.702. The first kappa shape index (κ1) is 14.2. The Balaban J connectivity index is 2.95. The van der Waals surface area contributed by atoms with Crippen molar-refractivity contribution in [2.75, 3.05) is 12.3 Å². The maximum Gasteiger partial charge on any atom is 0.185 e. The quantitative estimate of drug-likeness (QED) is 0.168. The van der Waals surface area contributed by atoms with E-state index in [1.807, 2.05) is 27.8 Å². The molecule has 1 aromatic rings. The van der Waals surface area contributed by atoms with Crippen molar-refractivity contribution in [1.29, 1.82) is 5.41 Å². The second-order valence-electron chi connectivity index (χ2n) is 5.42. The molecule has 18 heavy (non-hydrogen) atoms. The number of guanidine groups is 1. The number of aromatic hydroxyl groups is 1. The molecule has 0 saturated carbocycles. The Kier molecular flexibility index (Phi) is 4.11. The lowest BCUT2D eigenvalue weighted by Crippen LogP contribution is -2.31. The van der Waals surface area contributed by atoms with Crippen LogP contribution in [0.5, 0.6) is 5.75 Å². The second-order valence-corrected chi connectivity index (χ2v) is 5.42. The van der Waals surface area contributed by atoms with E-state index < -0.39 is 0 Å². The molecule has 1 aromatic carbocycles. The topological polar surface area (TPSA) is 108 Å². The highest BCUT2D eigenvalue weighted by molar-refractivity contribution is 6.15. The van der Waals surface area contributed by atoms with Crippen molar-refractivity contribution >= 4 is 19.5 Å². The Morgan fingerprint density at radius 2 is 2.11 bits per heavy atom. The van der Waals surface area contributed by atoms with E-state index in [1.54, 1.807) is 6.07 Å². The molecule has 0 aliphatic rings. The molecule has 98 valence electrons. The summed E-state index contributed by atoms with van der Waals surface area (Å²) < 4.78 is 0. The number of nitrogens with two attached hydrogens (primary N) is 2. The molecule has 0 aromatic heterocycles. The third-order valence-corrected chi connectivity index (χ3v) is 2.74. The van der Waals surface area contributed by atoms with Gasteiger partial charge in [0.2, 0.25) is 0 Å². The van der Waals surface area contributed by atoms with Gasteiger partial charge in [0.15, 0.2) is 5.96 Å². The van der Waals surface area contributed by atoms with Gasteiger partial charge in [-0.2, -0.15) is 0 Å². The van der Waals surface area contributed by atoms with Crippen LogP contribution in [0.2, 0.25) is 0 Å². The van der Waals surface area contributed by atoms with Gasteiger partial charge in [-0.05, 0) is 28.9 Å². The minimum Gasteiger partial charge on any atom is -0.506 e. The van der Waals surface area contributed by atoms with E-state index in [0.717, 1.165) is 11.1 Å². The molecule has 0 atom stereocenters. The number of nitrogens with one attached hydrogen (secondary N) is 2. The van der Waals surface area contributed by atoms with Crippen molar-refractivity contribution < 1.29 is 5.11 Å². The SMILES string of the molecule is BC(C)(C)c1cc(CCNC(=N)N)cc(N)c1O. The van der Waals surface area contributed by atoms with E-state index in [2.05, 4.69) is 5.32 Å². The Hall–Kier alpha value is -1.85. The second kappa shape index (κ2) is 5.20. The molecule has 7 N–H and O–H groups in total. The van der Waals surface area contributed by atoms with Crippen LogP contribution in [-0.2, 0) is 11.7 Å². The largest absolute Gasteiger partial charge is 0.506 e. The average molecular weight is 248 g/mol. The van der Waals surface area contributed by atoms with Crippen LogP contribution in [-0.4, -0.2) is 25.5 Å². The van der Waals surface area contributed by atoms with E-state index in [0.29, 0.717) is 18.7 Å². The summed E-state index contributed by atoms with van der Waals surface area (Å²) in [4.78, 5) is 0. The van der Waals surface area contributed by atoms with Gasteiger partial charge in [0.1, 0.15) is 13.6 Å². The Bertz CT molecular complexity index is 454. The van der Waals surface area contributed by atoms with E-state index in [4.69, 9.17) is 16.9 Å². The summed E-state index contributed by atoms with van der Waals surface area (Å²) in [5.74, 6) is 0.114. The maximum absolute atomic E-state index is 9.98. The number of benzene rings is 1. The van der Waals surface area contributed by atoms with Gasteiger partial charge in [0.05, 0.1) is 5.69 Å². The first-order valence-electron chi connectivity index (χ1n) is 5.91. The summed E-state index contributed by atoms with van der Waals surface area (Å²) >= 11 is 0. The minimum absolute atomic E-state index is 0.0437. The fraction of sp³-hybridized carbons (Fsp3) is 0.417. The third kappa shape index (κ3) is 3.58. The number of phenols is 1. The van der Waals surface area contributed by atoms with E-state index in [-0.39, 0.29) is 17.0 Å². The van der Waals surface area contributed by atoms with Crippen LogP contribution in [0.4, 0.5) is 5.69 Å². The molecule has 0 aliphatic carbocycles. The van der Waals surface area contributed by atoms with Crippen molar-refractivity contribution in [3.05, 3.63) is 23.3 Å². The molecular weight excluding hydrogens is 227 g/mol. The van der Waals surface area contributed by atoms with E-state index in [9.17, 15) is 5.11 Å². The van der Waals surface area contributed by atoms with Gasteiger partial charge < -0.3 is 21.9 Å². The molecule has 0 fully saturated rings. The number of hydrogen-bond donors (Lipinski definition) is 5. The highest BCUT2D eigenvalue weighted by Crippen LogP contribution is 2.34. The van der Waals surface area contributed by atoms with Gasteiger partial charge in [0.25, 0.3) is 0 Å². The molecule has 0 amide bonds. The van der Waals surface area contributed by atoms with Crippen LogP contribution in [0, 0.1) is 5.41 Å². The molecule has 0 spiro atoms. The highest BCUT2D eigenvalue weighted by atomic mass is 16.3. The van der Waals surface area contributed by atoms with Gasteiger partial charge in [0, 0.05) is 6.54 Å². The fourth-order valence-corrected chi connectivity index (χ4v) is 1.78. The zero-order valence-corrected chi connectivity index (χ0v) is 11.2. The van der Waals surface area contributed by atoms with E-state index in [1.165, 1.54) is 0 Å². The van der Waals surface area contributed by atoms with Crippen LogP contribution < -0.4 is 16.8 Å². The molecule has 0 unspecified atom stereocenters. The average Bonchev–Trinajstić information content (AvgIpc) is 2.20. The number of phenolic OH excluding ortho intramolecular Hbond substituents is 1. The molecule has 6 heteroatoms. The molecule has 0 aliphatic heterocycles. The molecule has 1 rings (SSSR count). The normalized spacial score (nSPS) is 11.2. The zero-order valence-electron chi connectivity index (χ0n) is 11.2.